The zero-order valence-electron chi connectivity index (χ0n) is 17.3. The van der Waals surface area contributed by atoms with Crippen molar-refractivity contribution in [2.24, 2.45) is 23.7 Å². The Kier molecular flexibility index (Phi) is 4.48. The van der Waals surface area contributed by atoms with Crippen molar-refractivity contribution in [3.63, 3.8) is 0 Å². The minimum atomic E-state index is -0.688. The average molecular weight is 399 g/mol. The Bertz CT molecular complexity index is 832. The molecule has 6 nitrogen and oxygen atoms in total. The van der Waals surface area contributed by atoms with Crippen LogP contribution in [0, 0.1) is 23.7 Å². The fourth-order valence-corrected chi connectivity index (χ4v) is 5.88. The lowest BCUT2D eigenvalue weighted by Gasteiger charge is -2.55. The number of ether oxygens (including phenoxy) is 2. The molecule has 4 atom stereocenters. The third-order valence-electron chi connectivity index (χ3n) is 7.68. The van der Waals surface area contributed by atoms with Gasteiger partial charge >= 0.3 is 0 Å². The standard InChI is InChI=1S/C23H30N2O4/c1-14-7-9-25(10-8-14)22(27)19-11-16-4-3-15(19)13-23(16)24-21(26)18-6-5-17(28-2)12-20(18)29-23/h5-6,12,14-16,19H,3-4,7-11,13H2,1-2H3,(H,24,26)/t15-,16+,19-,23-/m1/s1. The number of nitrogens with zero attached hydrogens (tertiary/aromatic N) is 1. The lowest BCUT2D eigenvalue weighted by atomic mass is 9.59. The maximum absolute atomic E-state index is 13.2. The first-order chi connectivity index (χ1) is 14.0. The zero-order chi connectivity index (χ0) is 20.2. The maximum atomic E-state index is 13.2. The number of hydrogen-bond donors (Lipinski definition) is 1. The quantitative estimate of drug-likeness (QED) is 0.831. The molecule has 6 heteroatoms. The van der Waals surface area contributed by atoms with E-state index in [4.69, 9.17) is 9.47 Å². The number of benzene rings is 1. The molecule has 29 heavy (non-hydrogen) atoms. The van der Waals surface area contributed by atoms with Crippen LogP contribution in [0.25, 0.3) is 0 Å². The van der Waals surface area contributed by atoms with Crippen molar-refractivity contribution in [1.82, 2.24) is 10.2 Å². The Morgan fingerprint density at radius 2 is 2.03 bits per heavy atom. The molecule has 3 saturated carbocycles. The summed E-state index contributed by atoms with van der Waals surface area (Å²) in [4.78, 5) is 28.2. The summed E-state index contributed by atoms with van der Waals surface area (Å²) in [6.45, 7) is 4.04. The summed E-state index contributed by atoms with van der Waals surface area (Å²) in [7, 11) is 1.61. The molecule has 0 aromatic heterocycles. The smallest absolute Gasteiger partial charge is 0.258 e. The minimum Gasteiger partial charge on any atom is -0.497 e. The van der Waals surface area contributed by atoms with Gasteiger partial charge in [-0.1, -0.05) is 6.92 Å². The summed E-state index contributed by atoms with van der Waals surface area (Å²) in [6.07, 6.45) is 5.75. The van der Waals surface area contributed by atoms with Crippen LogP contribution < -0.4 is 14.8 Å². The molecule has 1 aromatic carbocycles. The number of likely N-dealkylation sites (tertiary alicyclic amines) is 1. The number of piperidine rings is 1. The van der Waals surface area contributed by atoms with Crippen molar-refractivity contribution < 1.29 is 19.1 Å². The lowest BCUT2D eigenvalue weighted by molar-refractivity contribution is -0.156. The van der Waals surface area contributed by atoms with Crippen molar-refractivity contribution in [2.45, 2.75) is 51.2 Å². The fourth-order valence-electron chi connectivity index (χ4n) is 5.88. The monoisotopic (exact) mass is 398 g/mol. The van der Waals surface area contributed by atoms with Gasteiger partial charge in [-0.25, -0.2) is 0 Å². The fraction of sp³-hybridized carbons (Fsp3) is 0.652. The Labute approximate surface area is 171 Å². The molecule has 0 radical (unpaired) electrons. The largest absolute Gasteiger partial charge is 0.497 e. The molecule has 1 aromatic rings. The molecule has 1 saturated heterocycles. The molecule has 156 valence electrons. The molecule has 2 bridgehead atoms. The number of carbonyl (C=O) groups is 2. The van der Waals surface area contributed by atoms with E-state index in [-0.39, 0.29) is 23.7 Å². The third kappa shape index (κ3) is 3.08. The van der Waals surface area contributed by atoms with Crippen molar-refractivity contribution >= 4 is 11.8 Å². The van der Waals surface area contributed by atoms with Gasteiger partial charge in [0.2, 0.25) is 5.91 Å². The van der Waals surface area contributed by atoms with Crippen LogP contribution in [-0.2, 0) is 4.79 Å². The van der Waals surface area contributed by atoms with Gasteiger partial charge in [0.1, 0.15) is 11.5 Å². The van der Waals surface area contributed by atoms with Crippen molar-refractivity contribution in [3.8, 4) is 11.5 Å². The van der Waals surface area contributed by atoms with Crippen LogP contribution in [0.2, 0.25) is 0 Å². The molecular weight excluding hydrogens is 368 g/mol. The summed E-state index contributed by atoms with van der Waals surface area (Å²) in [6, 6.07) is 5.33. The third-order valence-corrected chi connectivity index (χ3v) is 7.68. The topological polar surface area (TPSA) is 67.9 Å². The highest BCUT2D eigenvalue weighted by Crippen LogP contribution is 2.53. The molecule has 2 aliphatic heterocycles. The SMILES string of the molecule is COc1ccc2c(c1)O[C@@]1(C[C@H]3CC[C@H]1C[C@H]3C(=O)N1CCC(C)CC1)NC2=O. The summed E-state index contributed by atoms with van der Waals surface area (Å²) in [5, 5.41) is 3.17. The van der Waals surface area contributed by atoms with E-state index in [1.54, 1.807) is 25.3 Å². The summed E-state index contributed by atoms with van der Waals surface area (Å²) < 4.78 is 11.8. The first kappa shape index (κ1) is 18.8. The van der Waals surface area contributed by atoms with Crippen molar-refractivity contribution in [2.75, 3.05) is 20.2 Å². The highest BCUT2D eigenvalue weighted by molar-refractivity contribution is 5.98. The van der Waals surface area contributed by atoms with E-state index in [0.717, 1.165) is 45.2 Å². The van der Waals surface area contributed by atoms with Crippen LogP contribution in [0.3, 0.4) is 0 Å². The Morgan fingerprint density at radius 1 is 1.24 bits per heavy atom. The van der Waals surface area contributed by atoms with Crippen molar-refractivity contribution in [3.05, 3.63) is 23.8 Å². The van der Waals surface area contributed by atoms with Gasteiger partial charge in [0.25, 0.3) is 5.91 Å². The summed E-state index contributed by atoms with van der Waals surface area (Å²) in [5.74, 6) is 2.72. The van der Waals surface area contributed by atoms with E-state index in [1.165, 1.54) is 0 Å². The normalized spacial score (nSPS) is 33.8. The molecule has 3 aliphatic carbocycles. The average Bonchev–Trinajstić information content (AvgIpc) is 2.73. The van der Waals surface area contributed by atoms with E-state index >= 15 is 0 Å². The lowest BCUT2D eigenvalue weighted by Crippen LogP contribution is -2.67. The van der Waals surface area contributed by atoms with E-state index in [9.17, 15) is 9.59 Å². The highest BCUT2D eigenvalue weighted by atomic mass is 16.5. The second kappa shape index (κ2) is 6.92. The van der Waals surface area contributed by atoms with Crippen LogP contribution in [0.1, 0.15) is 55.8 Å². The molecular formula is C23H30N2O4. The van der Waals surface area contributed by atoms with Crippen LogP contribution in [0.4, 0.5) is 0 Å². The predicted molar refractivity (Wildman–Crippen MR) is 108 cm³/mol. The Balaban J connectivity index is 1.36. The van der Waals surface area contributed by atoms with Crippen LogP contribution in [0.5, 0.6) is 11.5 Å². The van der Waals surface area contributed by atoms with Gasteiger partial charge in [-0.15, -0.1) is 0 Å². The Morgan fingerprint density at radius 3 is 2.72 bits per heavy atom. The van der Waals surface area contributed by atoms with Gasteiger partial charge in [0.15, 0.2) is 5.72 Å². The highest BCUT2D eigenvalue weighted by Gasteiger charge is 2.57. The predicted octanol–water partition coefficient (Wildman–Crippen LogP) is 3.21. The Hall–Kier alpha value is -2.24. The van der Waals surface area contributed by atoms with Crippen LogP contribution >= 0.6 is 0 Å². The van der Waals surface area contributed by atoms with E-state index in [2.05, 4.69) is 17.1 Å². The number of carbonyl (C=O) groups excluding carboxylic acids is 2. The minimum absolute atomic E-state index is 0.0694. The number of rotatable bonds is 2. The maximum Gasteiger partial charge on any atom is 0.258 e. The van der Waals surface area contributed by atoms with Crippen LogP contribution in [-0.4, -0.2) is 42.6 Å². The second-order valence-electron chi connectivity index (χ2n) is 9.40. The molecule has 1 N–H and O–H groups in total. The van der Waals surface area contributed by atoms with Gasteiger partial charge in [-0.2, -0.15) is 0 Å². The van der Waals surface area contributed by atoms with Crippen LogP contribution in [0.15, 0.2) is 18.2 Å². The van der Waals surface area contributed by atoms with E-state index in [0.29, 0.717) is 35.3 Å². The van der Waals surface area contributed by atoms with Crippen molar-refractivity contribution in [1.29, 1.82) is 0 Å². The molecule has 0 unspecified atom stereocenters. The number of nitrogens with one attached hydrogen (secondary N) is 1. The molecule has 4 fully saturated rings. The van der Waals surface area contributed by atoms with Gasteiger partial charge in [0, 0.05) is 37.4 Å². The summed E-state index contributed by atoms with van der Waals surface area (Å²) in [5.41, 5.74) is -0.139. The molecule has 5 aliphatic rings. The second-order valence-corrected chi connectivity index (χ2v) is 9.40. The number of methoxy groups -OCH3 is 1. The van der Waals surface area contributed by atoms with Gasteiger partial charge in [-0.3, -0.25) is 9.59 Å². The van der Waals surface area contributed by atoms with E-state index < -0.39 is 5.72 Å². The first-order valence-electron chi connectivity index (χ1n) is 11.0. The van der Waals surface area contributed by atoms with Gasteiger partial charge in [-0.05, 0) is 56.1 Å². The molecule has 6 rings (SSSR count). The van der Waals surface area contributed by atoms with Gasteiger partial charge < -0.3 is 19.7 Å². The number of hydrogen-bond acceptors (Lipinski definition) is 4. The number of amides is 2. The van der Waals surface area contributed by atoms with E-state index in [1.807, 2.05) is 0 Å². The van der Waals surface area contributed by atoms with Gasteiger partial charge in [0.05, 0.1) is 12.7 Å². The first-order valence-corrected chi connectivity index (χ1v) is 11.0. The zero-order valence-corrected chi connectivity index (χ0v) is 17.3. The summed E-state index contributed by atoms with van der Waals surface area (Å²) >= 11 is 0. The molecule has 2 amide bonds. The molecule has 1 spiro atoms. The molecule has 2 heterocycles. The number of fused-ring (bicyclic) bond motifs is 3.